The lowest BCUT2D eigenvalue weighted by Crippen LogP contribution is -2.66. The number of carbonyl (C=O) groups excluding carboxylic acids is 3. The number of thioether (sulfide) groups is 1. The van der Waals surface area contributed by atoms with Crippen LogP contribution in [0.5, 0.6) is 0 Å². The van der Waals surface area contributed by atoms with Crippen molar-refractivity contribution in [2.75, 3.05) is 26.2 Å². The van der Waals surface area contributed by atoms with Gasteiger partial charge >= 0.3 is 5.97 Å². The number of hydrogen-bond donors (Lipinski definition) is 4. The van der Waals surface area contributed by atoms with Gasteiger partial charge in [-0.3, -0.25) is 14.4 Å². The summed E-state index contributed by atoms with van der Waals surface area (Å²) in [5.74, 6) is -5.56. The van der Waals surface area contributed by atoms with Crippen molar-refractivity contribution in [2.45, 2.75) is 80.9 Å². The van der Waals surface area contributed by atoms with Gasteiger partial charge < -0.3 is 30.9 Å². The van der Waals surface area contributed by atoms with E-state index in [2.05, 4.69) is 31.5 Å². The minimum absolute atomic E-state index is 0.0343. The fourth-order valence-corrected chi connectivity index (χ4v) is 8.79. The Labute approximate surface area is 250 Å². The molecule has 6 atom stereocenters. The van der Waals surface area contributed by atoms with Crippen LogP contribution in [0, 0.1) is 11.8 Å². The molecule has 234 valence electrons. The molecule has 17 heteroatoms. The van der Waals surface area contributed by atoms with Gasteiger partial charge in [0.05, 0.1) is 24.5 Å². The summed E-state index contributed by atoms with van der Waals surface area (Å²) in [5, 5.41) is 29.7. The topological polar surface area (TPSA) is 175 Å². The number of rotatable bonds is 8. The van der Waals surface area contributed by atoms with Gasteiger partial charge in [-0.05, 0) is 36.6 Å². The SMILES string of the molecule is C[C@H]1C(S[C@@H]2CN[C@H](C(=O)N3CCC4(CC3)CC(F)(F)CN4)C2)=C(C(=O)O)N2C(=O)[C@H]([C@@H](C)NC(=O)Cn3cnnn3)C12. The molecule has 0 aliphatic carbocycles. The number of hydrogen-bond acceptors (Lipinski definition) is 10. The number of aromatic nitrogens is 4. The highest BCUT2D eigenvalue weighted by atomic mass is 32.2. The average molecular weight is 624 g/mol. The number of nitrogens with one attached hydrogen (secondary N) is 3. The summed E-state index contributed by atoms with van der Waals surface area (Å²) >= 11 is 1.39. The zero-order valence-electron chi connectivity index (χ0n) is 23.8. The molecule has 5 aliphatic rings. The van der Waals surface area contributed by atoms with Gasteiger partial charge in [0.25, 0.3) is 5.92 Å². The Kier molecular flexibility index (Phi) is 7.69. The van der Waals surface area contributed by atoms with E-state index in [4.69, 9.17) is 0 Å². The van der Waals surface area contributed by atoms with Crippen LogP contribution in [0.1, 0.15) is 39.5 Å². The predicted molar refractivity (Wildman–Crippen MR) is 147 cm³/mol. The Hall–Kier alpha value is -3.18. The lowest BCUT2D eigenvalue weighted by Gasteiger charge is -2.47. The molecular weight excluding hydrogens is 588 g/mol. The minimum Gasteiger partial charge on any atom is -0.477 e. The third kappa shape index (κ3) is 5.50. The van der Waals surface area contributed by atoms with Crippen molar-refractivity contribution >= 4 is 35.5 Å². The molecule has 0 radical (unpaired) electrons. The summed E-state index contributed by atoms with van der Waals surface area (Å²) in [7, 11) is 0. The number of alkyl halides is 2. The van der Waals surface area contributed by atoms with E-state index in [0.29, 0.717) is 43.8 Å². The maximum absolute atomic E-state index is 13.8. The summed E-state index contributed by atoms with van der Waals surface area (Å²) < 4.78 is 28.9. The third-order valence-corrected chi connectivity index (χ3v) is 11.0. The first-order valence-electron chi connectivity index (χ1n) is 14.5. The molecule has 43 heavy (non-hydrogen) atoms. The van der Waals surface area contributed by atoms with Crippen LogP contribution in [0.3, 0.4) is 0 Å². The number of likely N-dealkylation sites (tertiary alicyclic amines) is 1. The van der Waals surface area contributed by atoms with E-state index in [-0.39, 0.29) is 54.1 Å². The Bertz CT molecular complexity index is 1340. The fraction of sp³-hybridized carbons (Fsp3) is 0.731. The molecule has 1 aromatic heterocycles. The lowest BCUT2D eigenvalue weighted by molar-refractivity contribution is -0.158. The third-order valence-electron chi connectivity index (χ3n) is 9.45. The number of fused-ring (bicyclic) bond motifs is 1. The molecule has 0 saturated carbocycles. The van der Waals surface area contributed by atoms with E-state index in [1.807, 2.05) is 6.92 Å². The van der Waals surface area contributed by atoms with E-state index >= 15 is 0 Å². The van der Waals surface area contributed by atoms with Gasteiger partial charge in [-0.25, -0.2) is 18.3 Å². The van der Waals surface area contributed by atoms with Crippen molar-refractivity contribution in [1.29, 1.82) is 0 Å². The highest BCUT2D eigenvalue weighted by Crippen LogP contribution is 2.52. The Morgan fingerprint density at radius 1 is 1.28 bits per heavy atom. The monoisotopic (exact) mass is 623 g/mol. The molecule has 6 heterocycles. The normalized spacial score (nSPS) is 31.7. The van der Waals surface area contributed by atoms with Gasteiger partial charge in [0.1, 0.15) is 18.6 Å². The summed E-state index contributed by atoms with van der Waals surface area (Å²) in [6.45, 7) is 4.49. The maximum atomic E-state index is 13.8. The number of carbonyl (C=O) groups is 4. The highest BCUT2D eigenvalue weighted by Gasteiger charge is 2.60. The first kappa shape index (κ1) is 29.9. The molecule has 1 unspecified atom stereocenters. The first-order valence-corrected chi connectivity index (χ1v) is 15.4. The molecule has 4 fully saturated rings. The number of halogens is 2. The van der Waals surface area contributed by atoms with Gasteiger partial charge in [0.15, 0.2) is 0 Å². The van der Waals surface area contributed by atoms with E-state index in [1.54, 1.807) is 11.8 Å². The second-order valence-corrected chi connectivity index (χ2v) is 13.7. The zero-order chi connectivity index (χ0) is 30.7. The van der Waals surface area contributed by atoms with Crippen LogP contribution in [0.2, 0.25) is 0 Å². The average Bonchev–Trinajstić information content (AvgIpc) is 3.72. The van der Waals surface area contributed by atoms with Crippen LogP contribution in [0.4, 0.5) is 8.78 Å². The van der Waals surface area contributed by atoms with Gasteiger partial charge in [-0.15, -0.1) is 16.9 Å². The van der Waals surface area contributed by atoms with E-state index in [9.17, 15) is 33.1 Å². The second-order valence-electron chi connectivity index (χ2n) is 12.3. The number of piperidine rings is 1. The van der Waals surface area contributed by atoms with Gasteiger partial charge in [0.2, 0.25) is 17.7 Å². The first-order chi connectivity index (χ1) is 20.4. The van der Waals surface area contributed by atoms with Crippen molar-refractivity contribution in [2.24, 2.45) is 11.8 Å². The Morgan fingerprint density at radius 2 is 2.02 bits per heavy atom. The fourth-order valence-electron chi connectivity index (χ4n) is 7.31. The molecule has 5 aliphatic heterocycles. The zero-order valence-corrected chi connectivity index (χ0v) is 24.6. The molecule has 14 nitrogen and oxygen atoms in total. The maximum Gasteiger partial charge on any atom is 0.353 e. The van der Waals surface area contributed by atoms with Crippen LogP contribution in [0.15, 0.2) is 16.9 Å². The van der Waals surface area contributed by atoms with Gasteiger partial charge in [0, 0.05) is 53.7 Å². The molecule has 3 amide bonds. The van der Waals surface area contributed by atoms with Crippen LogP contribution < -0.4 is 16.0 Å². The lowest BCUT2D eigenvalue weighted by atomic mass is 9.78. The quantitative estimate of drug-likeness (QED) is 0.272. The van der Waals surface area contributed by atoms with E-state index < -0.39 is 41.5 Å². The van der Waals surface area contributed by atoms with Crippen molar-refractivity contribution in [3.05, 3.63) is 16.9 Å². The summed E-state index contributed by atoms with van der Waals surface area (Å²) in [5.41, 5.74) is -0.646. The number of aliphatic carboxylic acids is 1. The van der Waals surface area contributed by atoms with Crippen LogP contribution in [0.25, 0.3) is 0 Å². The van der Waals surface area contributed by atoms with E-state index in [0.717, 1.165) is 0 Å². The van der Waals surface area contributed by atoms with Crippen molar-refractivity contribution in [3.63, 3.8) is 0 Å². The van der Waals surface area contributed by atoms with Crippen LogP contribution >= 0.6 is 11.8 Å². The number of carboxylic acids is 1. The van der Waals surface area contributed by atoms with Crippen molar-refractivity contribution in [1.82, 2.24) is 46.0 Å². The summed E-state index contributed by atoms with van der Waals surface area (Å²) in [6.07, 6.45) is 2.55. The molecule has 6 rings (SSSR count). The van der Waals surface area contributed by atoms with Gasteiger partial charge in [-0.2, -0.15) is 0 Å². The molecule has 1 spiro atoms. The predicted octanol–water partition coefficient (Wildman–Crippen LogP) is -0.596. The largest absolute Gasteiger partial charge is 0.477 e. The second kappa shape index (κ2) is 11.1. The Balaban J connectivity index is 1.05. The summed E-state index contributed by atoms with van der Waals surface area (Å²) in [6, 6.07) is -1.39. The standard InChI is InChI=1S/C26H35F2N9O5S/c1-13-19-18(14(2)32-17(38)9-36-12-31-33-34-36)23(40)37(19)20(24(41)42)21(13)43-15-7-16(29-8-15)22(39)35-5-3-25(4-6-35)10-26(27,28)11-30-25/h12-16,18-19,29-30H,3-11H2,1-2H3,(H,32,38)(H,41,42)/t13-,14-,15+,16+,18-,19?/m1/s1. The van der Waals surface area contributed by atoms with Crippen molar-refractivity contribution in [3.8, 4) is 0 Å². The molecule has 4 N–H and O–H groups in total. The summed E-state index contributed by atoms with van der Waals surface area (Å²) in [4.78, 5) is 55.0. The van der Waals surface area contributed by atoms with E-state index in [1.165, 1.54) is 27.7 Å². The number of β-lactam (4-membered cyclic amide) rings is 1. The smallest absolute Gasteiger partial charge is 0.353 e. The van der Waals surface area contributed by atoms with Crippen LogP contribution in [-0.4, -0.2) is 120 Å². The molecule has 0 aromatic carbocycles. The minimum atomic E-state index is -2.71. The molecular formula is C26H35F2N9O5S. The molecule has 0 bridgehead atoms. The highest BCUT2D eigenvalue weighted by molar-refractivity contribution is 8.03. The Morgan fingerprint density at radius 3 is 2.65 bits per heavy atom. The molecule has 1 aromatic rings. The van der Waals surface area contributed by atoms with Crippen molar-refractivity contribution < 1.29 is 33.1 Å². The number of amides is 3. The molecule has 4 saturated heterocycles. The number of carboxylic acid groups (broad SMARTS) is 1. The number of nitrogens with zero attached hydrogens (tertiary/aromatic N) is 6. The number of tetrazole rings is 1. The van der Waals surface area contributed by atoms with Gasteiger partial charge in [-0.1, -0.05) is 6.92 Å². The van der Waals surface area contributed by atoms with Crippen LogP contribution in [-0.2, 0) is 25.7 Å².